The van der Waals surface area contributed by atoms with Gasteiger partial charge in [-0.1, -0.05) is 0 Å². The molecule has 2 aliphatic rings. The van der Waals surface area contributed by atoms with E-state index in [9.17, 15) is 0 Å². The molecule has 0 spiro atoms. The Morgan fingerprint density at radius 3 is 3.07 bits per heavy atom. The highest BCUT2D eigenvalue weighted by atomic mass is 79.9. The zero-order valence-corrected chi connectivity index (χ0v) is 9.68. The van der Waals surface area contributed by atoms with Crippen LogP contribution < -0.4 is 5.32 Å². The van der Waals surface area contributed by atoms with E-state index in [-0.39, 0.29) is 0 Å². The van der Waals surface area contributed by atoms with Gasteiger partial charge in [0.05, 0.1) is 15.9 Å². The molecule has 0 amide bonds. The molecule has 0 saturated heterocycles. The fourth-order valence-electron chi connectivity index (χ4n) is 2.03. The number of nitrogens with one attached hydrogen (secondary N) is 1. The highest BCUT2D eigenvalue weighted by Gasteiger charge is 2.30. The van der Waals surface area contributed by atoms with Crippen LogP contribution in [0.4, 0.5) is 0 Å². The summed E-state index contributed by atoms with van der Waals surface area (Å²) in [6.07, 6.45) is 3.83. The van der Waals surface area contributed by atoms with Crippen LogP contribution in [-0.4, -0.2) is 16.3 Å². The van der Waals surface area contributed by atoms with Crippen LogP contribution in [0, 0.1) is 0 Å². The molecule has 0 radical (unpaired) electrons. The summed E-state index contributed by atoms with van der Waals surface area (Å²) in [7, 11) is 0. The predicted octanol–water partition coefficient (Wildman–Crippen LogP) is 2.02. The van der Waals surface area contributed by atoms with E-state index in [1.807, 2.05) is 0 Å². The maximum atomic E-state index is 4.70. The van der Waals surface area contributed by atoms with Crippen LogP contribution in [-0.2, 0) is 13.1 Å². The molecule has 0 aromatic carbocycles. The van der Waals surface area contributed by atoms with E-state index in [0.717, 1.165) is 25.6 Å². The Balaban J connectivity index is 2.01. The van der Waals surface area contributed by atoms with Crippen molar-refractivity contribution in [3.63, 3.8) is 0 Å². The molecule has 14 heavy (non-hydrogen) atoms. The Kier molecular flexibility index (Phi) is 2.13. The molecule has 0 bridgehead atoms. The Morgan fingerprint density at radius 1 is 1.43 bits per heavy atom. The average Bonchev–Trinajstić information content (AvgIpc) is 2.99. The summed E-state index contributed by atoms with van der Waals surface area (Å²) in [6, 6.07) is 0. The first-order valence-corrected chi connectivity index (χ1v) is 6.11. The SMILES string of the molecule is Brc1c(C2CC2)nn2c1CNCCC2. The lowest BCUT2D eigenvalue weighted by Gasteiger charge is -2.00. The minimum Gasteiger partial charge on any atom is -0.311 e. The third-order valence-electron chi connectivity index (χ3n) is 3.00. The second-order valence-corrected chi connectivity index (χ2v) is 4.97. The van der Waals surface area contributed by atoms with E-state index >= 15 is 0 Å². The van der Waals surface area contributed by atoms with Gasteiger partial charge in [-0.15, -0.1) is 0 Å². The number of fused-ring (bicyclic) bond motifs is 1. The van der Waals surface area contributed by atoms with Gasteiger partial charge >= 0.3 is 0 Å². The van der Waals surface area contributed by atoms with Crippen LogP contribution in [0.15, 0.2) is 4.47 Å². The largest absolute Gasteiger partial charge is 0.311 e. The smallest absolute Gasteiger partial charge is 0.0800 e. The summed E-state index contributed by atoms with van der Waals surface area (Å²) in [5, 5.41) is 8.13. The zero-order chi connectivity index (χ0) is 9.54. The van der Waals surface area contributed by atoms with E-state index in [0.29, 0.717) is 0 Å². The van der Waals surface area contributed by atoms with Gasteiger partial charge in [-0.05, 0) is 41.7 Å². The van der Waals surface area contributed by atoms with Crippen molar-refractivity contribution in [3.8, 4) is 0 Å². The molecule has 1 aromatic rings. The van der Waals surface area contributed by atoms with Crippen molar-refractivity contribution in [2.24, 2.45) is 0 Å². The number of hydrogen-bond donors (Lipinski definition) is 1. The first kappa shape index (κ1) is 8.92. The Bertz CT molecular complexity index is 354. The van der Waals surface area contributed by atoms with Gasteiger partial charge in [-0.3, -0.25) is 4.68 Å². The topological polar surface area (TPSA) is 29.9 Å². The van der Waals surface area contributed by atoms with Gasteiger partial charge in [-0.2, -0.15) is 5.10 Å². The Hall–Kier alpha value is -0.350. The number of rotatable bonds is 1. The lowest BCUT2D eigenvalue weighted by atomic mass is 10.2. The van der Waals surface area contributed by atoms with Crippen LogP contribution in [0.3, 0.4) is 0 Å². The zero-order valence-electron chi connectivity index (χ0n) is 8.09. The number of aromatic nitrogens is 2. The molecule has 1 aromatic heterocycles. The number of aryl methyl sites for hydroxylation is 1. The second kappa shape index (κ2) is 3.35. The molecule has 1 fully saturated rings. The van der Waals surface area contributed by atoms with Gasteiger partial charge < -0.3 is 5.32 Å². The molecule has 76 valence electrons. The molecular weight excluding hydrogens is 242 g/mol. The Labute approximate surface area is 92.0 Å². The summed E-state index contributed by atoms with van der Waals surface area (Å²) in [6.45, 7) is 3.13. The third-order valence-corrected chi connectivity index (χ3v) is 3.86. The fraction of sp³-hybridized carbons (Fsp3) is 0.700. The summed E-state index contributed by atoms with van der Waals surface area (Å²) in [4.78, 5) is 0. The normalized spacial score (nSPS) is 21.8. The summed E-state index contributed by atoms with van der Waals surface area (Å²) in [5.41, 5.74) is 2.63. The maximum Gasteiger partial charge on any atom is 0.0800 e. The van der Waals surface area contributed by atoms with E-state index < -0.39 is 0 Å². The van der Waals surface area contributed by atoms with Crippen LogP contribution in [0.1, 0.15) is 36.6 Å². The molecule has 0 unspecified atom stereocenters. The van der Waals surface area contributed by atoms with Crippen LogP contribution in [0.5, 0.6) is 0 Å². The standard InChI is InChI=1S/C10H14BrN3/c11-9-8-6-12-4-1-5-14(8)13-10(9)7-2-3-7/h7,12H,1-6H2. The number of halogens is 1. The summed E-state index contributed by atoms with van der Waals surface area (Å²) in [5.74, 6) is 0.740. The first-order valence-electron chi connectivity index (χ1n) is 5.32. The molecular formula is C10H14BrN3. The van der Waals surface area contributed by atoms with Crippen LogP contribution >= 0.6 is 15.9 Å². The first-order chi connectivity index (χ1) is 6.86. The average molecular weight is 256 g/mol. The van der Waals surface area contributed by atoms with Crippen molar-refractivity contribution < 1.29 is 0 Å². The predicted molar refractivity (Wildman–Crippen MR) is 58.2 cm³/mol. The minimum absolute atomic E-state index is 0.740. The van der Waals surface area contributed by atoms with Crippen molar-refractivity contribution in [1.82, 2.24) is 15.1 Å². The molecule has 4 heteroatoms. The van der Waals surface area contributed by atoms with Gasteiger partial charge in [0.25, 0.3) is 0 Å². The maximum absolute atomic E-state index is 4.70. The molecule has 1 aliphatic carbocycles. The third kappa shape index (κ3) is 1.41. The lowest BCUT2D eigenvalue weighted by Crippen LogP contribution is -2.12. The minimum atomic E-state index is 0.740. The summed E-state index contributed by atoms with van der Waals surface area (Å²) < 4.78 is 3.44. The summed E-state index contributed by atoms with van der Waals surface area (Å²) >= 11 is 3.69. The molecule has 1 aliphatic heterocycles. The van der Waals surface area contributed by atoms with Crippen molar-refractivity contribution in [3.05, 3.63) is 15.9 Å². The van der Waals surface area contributed by atoms with Crippen LogP contribution in [0.2, 0.25) is 0 Å². The van der Waals surface area contributed by atoms with Crippen molar-refractivity contribution >= 4 is 15.9 Å². The van der Waals surface area contributed by atoms with E-state index in [4.69, 9.17) is 5.10 Å². The van der Waals surface area contributed by atoms with Gasteiger partial charge in [0.15, 0.2) is 0 Å². The van der Waals surface area contributed by atoms with Crippen molar-refractivity contribution in [1.29, 1.82) is 0 Å². The van der Waals surface area contributed by atoms with Gasteiger partial charge in [0, 0.05) is 19.0 Å². The highest BCUT2D eigenvalue weighted by Crippen LogP contribution is 2.43. The molecule has 3 nitrogen and oxygen atoms in total. The van der Waals surface area contributed by atoms with Crippen LogP contribution in [0.25, 0.3) is 0 Å². The van der Waals surface area contributed by atoms with E-state index in [1.54, 1.807) is 0 Å². The van der Waals surface area contributed by atoms with E-state index in [1.165, 1.54) is 35.1 Å². The second-order valence-electron chi connectivity index (χ2n) is 4.17. The Morgan fingerprint density at radius 2 is 2.29 bits per heavy atom. The van der Waals surface area contributed by atoms with E-state index in [2.05, 4.69) is 25.9 Å². The van der Waals surface area contributed by atoms with Gasteiger partial charge in [0.1, 0.15) is 0 Å². The monoisotopic (exact) mass is 255 g/mol. The molecule has 3 rings (SSSR count). The molecule has 2 heterocycles. The van der Waals surface area contributed by atoms with Gasteiger partial charge in [-0.25, -0.2) is 0 Å². The van der Waals surface area contributed by atoms with Gasteiger partial charge in [0.2, 0.25) is 0 Å². The number of hydrogen-bond acceptors (Lipinski definition) is 2. The van der Waals surface area contributed by atoms with Crippen molar-refractivity contribution in [2.45, 2.75) is 38.3 Å². The van der Waals surface area contributed by atoms with Crippen molar-refractivity contribution in [2.75, 3.05) is 6.54 Å². The molecule has 1 N–H and O–H groups in total. The molecule has 1 saturated carbocycles. The lowest BCUT2D eigenvalue weighted by molar-refractivity contribution is 0.580. The number of nitrogens with zero attached hydrogens (tertiary/aromatic N) is 2. The fourth-order valence-corrected chi connectivity index (χ4v) is 2.78. The quantitative estimate of drug-likeness (QED) is 0.833. The molecule has 0 atom stereocenters. The highest BCUT2D eigenvalue weighted by molar-refractivity contribution is 9.10.